The third kappa shape index (κ3) is 4.57. The number of carboxylic acids is 1. The number of benzene rings is 2. The van der Waals surface area contributed by atoms with Crippen LogP contribution in [0.15, 0.2) is 59.0 Å². The highest BCUT2D eigenvalue weighted by Crippen LogP contribution is 2.30. The van der Waals surface area contributed by atoms with Crippen molar-refractivity contribution in [1.82, 2.24) is 5.32 Å². The van der Waals surface area contributed by atoms with Gasteiger partial charge in [-0.25, -0.2) is 4.79 Å². The van der Waals surface area contributed by atoms with Crippen molar-refractivity contribution in [2.24, 2.45) is 0 Å². The summed E-state index contributed by atoms with van der Waals surface area (Å²) in [7, 11) is 0. The minimum atomic E-state index is -1.15. The molecule has 0 radical (unpaired) electrons. The molecule has 0 unspecified atom stereocenters. The zero-order valence-corrected chi connectivity index (χ0v) is 16.2. The molecule has 0 atom stereocenters. The lowest BCUT2D eigenvalue weighted by Crippen LogP contribution is -2.34. The molecule has 3 rings (SSSR count). The van der Waals surface area contributed by atoms with Crippen molar-refractivity contribution in [1.29, 1.82) is 0 Å². The quantitative estimate of drug-likeness (QED) is 0.534. The van der Waals surface area contributed by atoms with Crippen molar-refractivity contribution in [2.45, 2.75) is 6.92 Å². The van der Waals surface area contributed by atoms with E-state index in [4.69, 9.17) is 33.3 Å². The molecule has 2 aromatic carbocycles. The Morgan fingerprint density at radius 2 is 1.79 bits per heavy atom. The lowest BCUT2D eigenvalue weighted by molar-refractivity contribution is 0.0663. The second-order valence-corrected chi connectivity index (χ2v) is 6.75. The zero-order chi connectivity index (χ0) is 20.3. The molecule has 3 N–H and O–H groups in total. The van der Waals surface area contributed by atoms with Gasteiger partial charge >= 0.3 is 5.97 Å². The number of anilines is 1. The van der Waals surface area contributed by atoms with E-state index in [1.54, 1.807) is 36.4 Å². The standard InChI is InChI=1S/C20H15ClN2O4S/c1-11-2-4-12(5-3-11)18(24)23-20(28)22-15-10-13(6-7-14(15)21)16-8-9-17(27-16)19(25)26/h2-10H,1H3,(H,25,26)(H2,22,23,24,28). The van der Waals surface area contributed by atoms with Crippen LogP contribution in [0.2, 0.25) is 5.02 Å². The normalized spacial score (nSPS) is 10.4. The number of halogens is 1. The Kier molecular flexibility index (Phi) is 5.77. The zero-order valence-electron chi connectivity index (χ0n) is 14.7. The molecule has 0 fully saturated rings. The Labute approximate surface area is 171 Å². The second-order valence-electron chi connectivity index (χ2n) is 5.94. The number of thiocarbonyl (C=S) groups is 1. The molecule has 3 aromatic rings. The van der Waals surface area contributed by atoms with Gasteiger partial charge in [0.2, 0.25) is 5.76 Å². The van der Waals surface area contributed by atoms with Gasteiger partial charge in [-0.05, 0) is 61.6 Å². The van der Waals surface area contributed by atoms with E-state index in [9.17, 15) is 9.59 Å². The van der Waals surface area contributed by atoms with Crippen LogP contribution in [0.3, 0.4) is 0 Å². The molecule has 142 valence electrons. The van der Waals surface area contributed by atoms with E-state index in [-0.39, 0.29) is 16.8 Å². The van der Waals surface area contributed by atoms with Gasteiger partial charge in [0.25, 0.3) is 5.91 Å². The van der Waals surface area contributed by atoms with Gasteiger partial charge in [-0.15, -0.1) is 0 Å². The maximum Gasteiger partial charge on any atom is 0.371 e. The van der Waals surface area contributed by atoms with Gasteiger partial charge in [0.05, 0.1) is 10.7 Å². The second kappa shape index (κ2) is 8.24. The van der Waals surface area contributed by atoms with E-state index in [1.165, 1.54) is 6.07 Å². The van der Waals surface area contributed by atoms with Crippen LogP contribution in [0.5, 0.6) is 0 Å². The molecule has 8 heteroatoms. The lowest BCUT2D eigenvalue weighted by Gasteiger charge is -2.12. The summed E-state index contributed by atoms with van der Waals surface area (Å²) in [5.74, 6) is -1.30. The molecule has 1 heterocycles. The smallest absolute Gasteiger partial charge is 0.371 e. The van der Waals surface area contributed by atoms with Gasteiger partial charge < -0.3 is 14.8 Å². The number of hydrogen-bond acceptors (Lipinski definition) is 4. The van der Waals surface area contributed by atoms with Crippen LogP contribution >= 0.6 is 23.8 Å². The summed E-state index contributed by atoms with van der Waals surface area (Å²) >= 11 is 11.4. The molecule has 28 heavy (non-hydrogen) atoms. The predicted molar refractivity (Wildman–Crippen MR) is 111 cm³/mol. The summed E-state index contributed by atoms with van der Waals surface area (Å²) in [6, 6.07) is 15.0. The average Bonchev–Trinajstić information content (AvgIpc) is 3.14. The third-order valence-corrected chi connectivity index (χ3v) is 4.39. The van der Waals surface area contributed by atoms with Gasteiger partial charge in [0.1, 0.15) is 5.76 Å². The number of nitrogens with one attached hydrogen (secondary N) is 2. The fourth-order valence-electron chi connectivity index (χ4n) is 2.42. The summed E-state index contributed by atoms with van der Waals surface area (Å²) in [6.45, 7) is 1.93. The average molecular weight is 415 g/mol. The van der Waals surface area contributed by atoms with Gasteiger partial charge in [-0.2, -0.15) is 0 Å². The molecule has 0 saturated carbocycles. The first kappa shape index (κ1) is 19.6. The predicted octanol–water partition coefficient (Wildman–Crippen LogP) is 4.73. The highest BCUT2D eigenvalue weighted by atomic mass is 35.5. The van der Waals surface area contributed by atoms with Crippen LogP contribution < -0.4 is 10.6 Å². The monoisotopic (exact) mass is 414 g/mol. The fourth-order valence-corrected chi connectivity index (χ4v) is 2.78. The Hall–Kier alpha value is -3.16. The summed E-state index contributed by atoms with van der Waals surface area (Å²) in [4.78, 5) is 23.2. The molecule has 0 aliphatic heterocycles. The molecule has 0 bridgehead atoms. The number of aryl methyl sites for hydroxylation is 1. The van der Waals surface area contributed by atoms with Crippen LogP contribution in [0.25, 0.3) is 11.3 Å². The van der Waals surface area contributed by atoms with Gasteiger partial charge in [0.15, 0.2) is 5.11 Å². The minimum absolute atomic E-state index is 0.0790. The van der Waals surface area contributed by atoms with Crippen LogP contribution in [0.4, 0.5) is 5.69 Å². The number of carboxylic acid groups (broad SMARTS) is 1. The Balaban J connectivity index is 1.74. The Morgan fingerprint density at radius 1 is 1.07 bits per heavy atom. The molecule has 0 aliphatic rings. The van der Waals surface area contributed by atoms with Crippen molar-refractivity contribution >= 4 is 46.5 Å². The van der Waals surface area contributed by atoms with Gasteiger partial charge in [-0.1, -0.05) is 29.3 Å². The molecular weight excluding hydrogens is 400 g/mol. The van der Waals surface area contributed by atoms with Crippen molar-refractivity contribution < 1.29 is 19.1 Å². The first-order chi connectivity index (χ1) is 13.3. The third-order valence-electron chi connectivity index (χ3n) is 3.86. The lowest BCUT2D eigenvalue weighted by atomic mass is 10.1. The Bertz CT molecular complexity index is 1060. The number of carbonyl (C=O) groups is 2. The summed E-state index contributed by atoms with van der Waals surface area (Å²) in [6.07, 6.45) is 0. The molecule has 0 spiro atoms. The van der Waals surface area contributed by atoms with Crippen LogP contribution in [0, 0.1) is 6.92 Å². The van der Waals surface area contributed by atoms with Gasteiger partial charge in [0, 0.05) is 11.1 Å². The van der Waals surface area contributed by atoms with E-state index < -0.39 is 5.97 Å². The van der Waals surface area contributed by atoms with Crippen LogP contribution in [-0.2, 0) is 0 Å². The molecule has 1 aromatic heterocycles. The highest BCUT2D eigenvalue weighted by molar-refractivity contribution is 7.80. The van der Waals surface area contributed by atoms with Crippen molar-refractivity contribution in [2.75, 3.05) is 5.32 Å². The van der Waals surface area contributed by atoms with Crippen molar-refractivity contribution in [3.05, 3.63) is 76.5 Å². The number of aromatic carboxylic acids is 1. The summed E-state index contributed by atoms with van der Waals surface area (Å²) in [5.41, 5.74) is 2.57. The number of amides is 1. The molecular formula is C20H15ClN2O4S. The van der Waals surface area contributed by atoms with Gasteiger partial charge in [-0.3, -0.25) is 10.1 Å². The number of furan rings is 1. The maximum absolute atomic E-state index is 12.3. The Morgan fingerprint density at radius 3 is 2.43 bits per heavy atom. The molecule has 1 amide bonds. The van der Waals surface area contributed by atoms with E-state index in [1.807, 2.05) is 19.1 Å². The summed E-state index contributed by atoms with van der Waals surface area (Å²) in [5, 5.41) is 14.9. The number of hydrogen-bond donors (Lipinski definition) is 3. The molecule has 0 aliphatic carbocycles. The largest absolute Gasteiger partial charge is 0.475 e. The van der Waals surface area contributed by atoms with E-state index in [0.29, 0.717) is 27.6 Å². The first-order valence-corrected chi connectivity index (χ1v) is 8.94. The molecule has 6 nitrogen and oxygen atoms in total. The maximum atomic E-state index is 12.3. The van der Waals surface area contributed by atoms with Crippen molar-refractivity contribution in [3.63, 3.8) is 0 Å². The van der Waals surface area contributed by atoms with E-state index >= 15 is 0 Å². The number of rotatable bonds is 4. The van der Waals surface area contributed by atoms with E-state index in [2.05, 4.69) is 10.6 Å². The van der Waals surface area contributed by atoms with Crippen LogP contribution in [0.1, 0.15) is 26.5 Å². The first-order valence-electron chi connectivity index (χ1n) is 8.15. The highest BCUT2D eigenvalue weighted by Gasteiger charge is 2.13. The molecule has 0 saturated heterocycles. The van der Waals surface area contributed by atoms with E-state index in [0.717, 1.165) is 5.56 Å². The fraction of sp³-hybridized carbons (Fsp3) is 0.0500. The topological polar surface area (TPSA) is 91.6 Å². The van der Waals surface area contributed by atoms with Crippen LogP contribution in [-0.4, -0.2) is 22.1 Å². The SMILES string of the molecule is Cc1ccc(C(=O)NC(=S)Nc2cc(-c3ccc(C(=O)O)o3)ccc2Cl)cc1. The van der Waals surface area contributed by atoms with Crippen molar-refractivity contribution in [3.8, 4) is 11.3 Å². The minimum Gasteiger partial charge on any atom is -0.475 e. The number of carbonyl (C=O) groups excluding carboxylic acids is 1. The summed E-state index contributed by atoms with van der Waals surface area (Å²) < 4.78 is 5.29.